The number of benzene rings is 1. The number of rotatable bonds is 4. The molecule has 0 bridgehead atoms. The summed E-state index contributed by atoms with van der Waals surface area (Å²) in [6.45, 7) is 2.39. The highest BCUT2D eigenvalue weighted by Crippen LogP contribution is 2.25. The van der Waals surface area contributed by atoms with Gasteiger partial charge in [0.25, 0.3) is 0 Å². The maximum atomic E-state index is 5.86. The van der Waals surface area contributed by atoms with E-state index in [0.29, 0.717) is 18.2 Å². The van der Waals surface area contributed by atoms with E-state index in [2.05, 4.69) is 15.1 Å². The van der Waals surface area contributed by atoms with E-state index in [9.17, 15) is 0 Å². The van der Waals surface area contributed by atoms with Crippen LogP contribution in [0.5, 0.6) is 5.75 Å². The van der Waals surface area contributed by atoms with Crippen LogP contribution in [-0.4, -0.2) is 19.6 Å². The highest BCUT2D eigenvalue weighted by Gasteiger charge is 2.14. The summed E-state index contributed by atoms with van der Waals surface area (Å²) in [4.78, 5) is 9.94. The van der Waals surface area contributed by atoms with Crippen LogP contribution in [0.1, 0.15) is 11.3 Å². The summed E-state index contributed by atoms with van der Waals surface area (Å²) in [7, 11) is 0. The molecule has 0 saturated carbocycles. The van der Waals surface area contributed by atoms with E-state index in [-0.39, 0.29) is 0 Å². The summed E-state index contributed by atoms with van der Waals surface area (Å²) in [6, 6.07) is 13.7. The lowest BCUT2D eigenvalue weighted by Crippen LogP contribution is -1.93. The number of hydrogen-bond donors (Lipinski definition) is 0. The molecule has 26 heavy (non-hydrogen) atoms. The van der Waals surface area contributed by atoms with E-state index >= 15 is 0 Å². The third kappa shape index (κ3) is 2.62. The minimum atomic E-state index is 0.354. The largest absolute Gasteiger partial charge is 0.486 e. The van der Waals surface area contributed by atoms with Crippen molar-refractivity contribution in [2.75, 3.05) is 0 Å². The summed E-state index contributed by atoms with van der Waals surface area (Å²) < 4.78 is 13.3. The van der Waals surface area contributed by atoms with E-state index in [1.807, 2.05) is 54.8 Å². The number of ether oxygens (including phenoxy) is 1. The number of fused-ring (bicyclic) bond motifs is 3. The van der Waals surface area contributed by atoms with Crippen molar-refractivity contribution >= 4 is 27.2 Å². The summed E-state index contributed by atoms with van der Waals surface area (Å²) >= 11 is 1.58. The maximum absolute atomic E-state index is 5.86. The molecule has 5 aromatic rings. The third-order valence-electron chi connectivity index (χ3n) is 4.05. The van der Waals surface area contributed by atoms with Gasteiger partial charge >= 0.3 is 0 Å². The Balaban J connectivity index is 1.41. The number of furan rings is 1. The SMILES string of the molecule is Cc1cccc(OCc2ccc(-c3nc4c5ccsc5ncn4n3)o2)c1. The van der Waals surface area contributed by atoms with Crippen LogP contribution in [0.25, 0.3) is 27.4 Å². The fourth-order valence-electron chi connectivity index (χ4n) is 2.81. The van der Waals surface area contributed by atoms with Gasteiger partial charge in [-0.15, -0.1) is 16.4 Å². The molecule has 5 rings (SSSR count). The third-order valence-corrected chi connectivity index (χ3v) is 4.87. The molecule has 128 valence electrons. The van der Waals surface area contributed by atoms with Gasteiger partial charge in [0, 0.05) is 0 Å². The van der Waals surface area contributed by atoms with Crippen LogP contribution in [0.15, 0.2) is 58.6 Å². The topological polar surface area (TPSA) is 65.5 Å². The van der Waals surface area contributed by atoms with Crippen molar-refractivity contribution in [3.8, 4) is 17.3 Å². The second kappa shape index (κ2) is 5.96. The van der Waals surface area contributed by atoms with Gasteiger partial charge in [-0.1, -0.05) is 12.1 Å². The molecule has 0 fully saturated rings. The van der Waals surface area contributed by atoms with Gasteiger partial charge in [-0.3, -0.25) is 0 Å². The number of nitrogens with zero attached hydrogens (tertiary/aromatic N) is 4. The molecule has 0 radical (unpaired) electrons. The van der Waals surface area contributed by atoms with Crippen LogP contribution in [0.3, 0.4) is 0 Å². The Morgan fingerprint density at radius 2 is 2.15 bits per heavy atom. The standard InChI is InChI=1S/C19H14N4O2S/c1-12-3-2-4-13(9-12)24-10-14-5-6-16(25-14)17-21-18-15-7-8-26-19(15)20-11-23(18)22-17/h2-9,11H,10H2,1H3. The highest BCUT2D eigenvalue weighted by molar-refractivity contribution is 7.16. The first-order valence-corrected chi connectivity index (χ1v) is 9.01. The summed E-state index contributed by atoms with van der Waals surface area (Å²) in [5, 5.41) is 7.46. The van der Waals surface area contributed by atoms with Crippen LogP contribution in [-0.2, 0) is 6.61 Å². The monoisotopic (exact) mass is 362 g/mol. The van der Waals surface area contributed by atoms with E-state index in [4.69, 9.17) is 9.15 Å². The molecule has 0 spiro atoms. The number of aryl methyl sites for hydroxylation is 1. The first-order valence-electron chi connectivity index (χ1n) is 8.13. The molecular weight excluding hydrogens is 348 g/mol. The second-order valence-corrected chi connectivity index (χ2v) is 6.85. The fourth-order valence-corrected chi connectivity index (χ4v) is 3.53. The molecule has 4 heterocycles. The van der Waals surface area contributed by atoms with Gasteiger partial charge < -0.3 is 9.15 Å². The minimum Gasteiger partial charge on any atom is -0.486 e. The van der Waals surface area contributed by atoms with Gasteiger partial charge in [0.2, 0.25) is 5.82 Å². The lowest BCUT2D eigenvalue weighted by molar-refractivity contribution is 0.271. The smallest absolute Gasteiger partial charge is 0.217 e. The average molecular weight is 362 g/mol. The normalized spacial score (nSPS) is 11.4. The van der Waals surface area contributed by atoms with Gasteiger partial charge in [-0.2, -0.15) is 0 Å². The van der Waals surface area contributed by atoms with Crippen LogP contribution >= 0.6 is 11.3 Å². The molecule has 0 amide bonds. The quantitative estimate of drug-likeness (QED) is 0.471. The first-order chi connectivity index (χ1) is 12.8. The second-order valence-electron chi connectivity index (χ2n) is 5.96. The maximum Gasteiger partial charge on any atom is 0.217 e. The van der Waals surface area contributed by atoms with Gasteiger partial charge in [0.15, 0.2) is 11.4 Å². The van der Waals surface area contributed by atoms with E-state index < -0.39 is 0 Å². The Hall–Kier alpha value is -3.19. The van der Waals surface area contributed by atoms with Crippen molar-refractivity contribution in [3.63, 3.8) is 0 Å². The molecule has 0 aliphatic heterocycles. The Morgan fingerprint density at radius 1 is 1.19 bits per heavy atom. The Morgan fingerprint density at radius 3 is 3.08 bits per heavy atom. The summed E-state index contributed by atoms with van der Waals surface area (Å²) in [6.07, 6.45) is 1.68. The van der Waals surface area contributed by atoms with Gasteiger partial charge in [0.1, 0.15) is 29.3 Å². The molecule has 0 N–H and O–H groups in total. The molecule has 6 nitrogen and oxygen atoms in total. The van der Waals surface area contributed by atoms with Crippen molar-refractivity contribution in [1.29, 1.82) is 0 Å². The molecule has 0 unspecified atom stereocenters. The lowest BCUT2D eigenvalue weighted by atomic mass is 10.2. The molecule has 1 aromatic carbocycles. The van der Waals surface area contributed by atoms with Crippen molar-refractivity contribution < 1.29 is 9.15 Å². The van der Waals surface area contributed by atoms with Crippen LogP contribution in [0.4, 0.5) is 0 Å². The van der Waals surface area contributed by atoms with E-state index in [1.165, 1.54) is 0 Å². The molecule has 0 saturated heterocycles. The van der Waals surface area contributed by atoms with Crippen molar-refractivity contribution in [2.24, 2.45) is 0 Å². The molecule has 7 heteroatoms. The Bertz CT molecular complexity index is 1220. The van der Waals surface area contributed by atoms with Crippen LogP contribution < -0.4 is 4.74 Å². The Kier molecular flexibility index (Phi) is 3.46. The highest BCUT2D eigenvalue weighted by atomic mass is 32.1. The molecule has 0 aliphatic carbocycles. The molecule has 0 atom stereocenters. The number of hydrogen-bond acceptors (Lipinski definition) is 6. The van der Waals surface area contributed by atoms with E-state index in [0.717, 1.165) is 32.9 Å². The lowest BCUT2D eigenvalue weighted by Gasteiger charge is -2.04. The fraction of sp³-hybridized carbons (Fsp3) is 0.105. The zero-order valence-corrected chi connectivity index (χ0v) is 14.7. The first kappa shape index (κ1) is 15.1. The molecular formula is C19H14N4O2S. The van der Waals surface area contributed by atoms with Gasteiger partial charge in [0.05, 0.1) is 5.39 Å². The van der Waals surface area contributed by atoms with Crippen molar-refractivity contribution in [1.82, 2.24) is 19.6 Å². The van der Waals surface area contributed by atoms with Gasteiger partial charge in [-0.05, 0) is 48.2 Å². The molecule has 0 aliphatic rings. The zero-order chi connectivity index (χ0) is 17.5. The summed E-state index contributed by atoms with van der Waals surface area (Å²) in [5.74, 6) is 2.69. The van der Waals surface area contributed by atoms with Gasteiger partial charge in [-0.25, -0.2) is 14.5 Å². The zero-order valence-electron chi connectivity index (χ0n) is 13.9. The summed E-state index contributed by atoms with van der Waals surface area (Å²) in [5.41, 5.74) is 1.94. The van der Waals surface area contributed by atoms with Crippen molar-refractivity contribution in [3.05, 3.63) is 65.5 Å². The minimum absolute atomic E-state index is 0.354. The number of aromatic nitrogens is 4. The Labute approximate surface area is 152 Å². The average Bonchev–Trinajstić information content (AvgIpc) is 3.37. The van der Waals surface area contributed by atoms with Crippen molar-refractivity contribution in [2.45, 2.75) is 13.5 Å². The number of thiophene rings is 1. The molecule has 4 aromatic heterocycles. The predicted molar refractivity (Wildman–Crippen MR) is 99.4 cm³/mol. The van der Waals surface area contributed by atoms with Crippen LogP contribution in [0.2, 0.25) is 0 Å². The van der Waals surface area contributed by atoms with Crippen LogP contribution in [0, 0.1) is 6.92 Å². The van der Waals surface area contributed by atoms with E-state index in [1.54, 1.807) is 22.2 Å². The predicted octanol–water partition coefficient (Wildman–Crippen LogP) is 4.49.